The SMILES string of the molecule is O=c1[nH]c(=O)n([C@@H]2O[C@H](CO)C(O)[C@@H]2O)cc1Cn1ccnn1. The van der Waals surface area contributed by atoms with Crippen LogP contribution in [-0.4, -0.2) is 64.8 Å². The molecule has 0 aromatic carbocycles. The van der Waals surface area contributed by atoms with E-state index < -0.39 is 42.4 Å². The van der Waals surface area contributed by atoms with E-state index in [1.54, 1.807) is 6.20 Å². The second kappa shape index (κ2) is 6.04. The highest BCUT2D eigenvalue weighted by atomic mass is 16.6. The maximum absolute atomic E-state index is 12.0. The Morgan fingerprint density at radius 3 is 2.70 bits per heavy atom. The summed E-state index contributed by atoms with van der Waals surface area (Å²) in [7, 11) is 0. The summed E-state index contributed by atoms with van der Waals surface area (Å²) in [5.74, 6) is 0. The summed E-state index contributed by atoms with van der Waals surface area (Å²) in [5.41, 5.74) is -1.21. The number of rotatable bonds is 4. The predicted octanol–water partition coefficient (Wildman–Crippen LogP) is -3.21. The van der Waals surface area contributed by atoms with Gasteiger partial charge >= 0.3 is 5.69 Å². The molecule has 23 heavy (non-hydrogen) atoms. The van der Waals surface area contributed by atoms with Crippen molar-refractivity contribution in [3.8, 4) is 0 Å². The van der Waals surface area contributed by atoms with Crippen LogP contribution in [-0.2, 0) is 11.3 Å². The topological polar surface area (TPSA) is 155 Å². The van der Waals surface area contributed by atoms with Crippen LogP contribution in [0.2, 0.25) is 0 Å². The van der Waals surface area contributed by atoms with Crippen molar-refractivity contribution in [2.45, 2.75) is 31.1 Å². The van der Waals surface area contributed by atoms with Crippen molar-refractivity contribution >= 4 is 0 Å². The van der Waals surface area contributed by atoms with Crippen molar-refractivity contribution in [2.75, 3.05) is 6.61 Å². The summed E-state index contributed by atoms with van der Waals surface area (Å²) in [4.78, 5) is 26.0. The number of aliphatic hydroxyl groups excluding tert-OH is 3. The van der Waals surface area contributed by atoms with Crippen molar-refractivity contribution in [1.82, 2.24) is 24.5 Å². The molecule has 124 valence electrons. The normalized spacial score (nSPS) is 27.4. The maximum Gasteiger partial charge on any atom is 0.330 e. The summed E-state index contributed by atoms with van der Waals surface area (Å²) in [6.07, 6.45) is -0.799. The lowest BCUT2D eigenvalue weighted by Gasteiger charge is -2.17. The average Bonchev–Trinajstić information content (AvgIpc) is 3.12. The van der Waals surface area contributed by atoms with Gasteiger partial charge in [0.2, 0.25) is 0 Å². The summed E-state index contributed by atoms with van der Waals surface area (Å²) in [6.45, 7) is -0.455. The van der Waals surface area contributed by atoms with Crippen LogP contribution in [0.5, 0.6) is 0 Å². The molecule has 3 rings (SSSR count). The molecule has 1 fully saturated rings. The molecule has 2 aromatic rings. The molecular formula is C12H15N5O6. The second-order valence-electron chi connectivity index (χ2n) is 5.15. The minimum atomic E-state index is -1.42. The fourth-order valence-corrected chi connectivity index (χ4v) is 2.43. The van der Waals surface area contributed by atoms with Crippen LogP contribution >= 0.6 is 0 Å². The molecule has 2 aromatic heterocycles. The zero-order chi connectivity index (χ0) is 16.6. The highest BCUT2D eigenvalue weighted by molar-refractivity contribution is 5.06. The molecule has 4 N–H and O–H groups in total. The second-order valence-corrected chi connectivity index (χ2v) is 5.15. The van der Waals surface area contributed by atoms with E-state index >= 15 is 0 Å². The lowest BCUT2D eigenvalue weighted by Crippen LogP contribution is -2.39. The Balaban J connectivity index is 1.96. The number of aliphatic hydroxyl groups is 3. The molecule has 3 heterocycles. The third-order valence-electron chi connectivity index (χ3n) is 3.64. The number of aromatic amines is 1. The van der Waals surface area contributed by atoms with E-state index in [1.165, 1.54) is 17.1 Å². The first-order valence-electron chi connectivity index (χ1n) is 6.82. The van der Waals surface area contributed by atoms with Crippen LogP contribution in [0.25, 0.3) is 0 Å². The zero-order valence-corrected chi connectivity index (χ0v) is 11.8. The Bertz CT molecular complexity index is 784. The number of hydrogen-bond acceptors (Lipinski definition) is 8. The molecule has 1 aliphatic heterocycles. The van der Waals surface area contributed by atoms with Gasteiger partial charge in [-0.2, -0.15) is 0 Å². The van der Waals surface area contributed by atoms with Gasteiger partial charge in [0.05, 0.1) is 24.9 Å². The van der Waals surface area contributed by atoms with Crippen molar-refractivity contribution in [1.29, 1.82) is 0 Å². The third kappa shape index (κ3) is 2.82. The molecular weight excluding hydrogens is 310 g/mol. The molecule has 11 nitrogen and oxygen atoms in total. The number of aromatic nitrogens is 5. The monoisotopic (exact) mass is 325 g/mol. The largest absolute Gasteiger partial charge is 0.394 e. The van der Waals surface area contributed by atoms with Gasteiger partial charge in [0, 0.05) is 12.4 Å². The summed E-state index contributed by atoms with van der Waals surface area (Å²) >= 11 is 0. The highest BCUT2D eigenvalue weighted by Crippen LogP contribution is 2.27. The Morgan fingerprint density at radius 2 is 2.09 bits per heavy atom. The lowest BCUT2D eigenvalue weighted by molar-refractivity contribution is -0.0551. The zero-order valence-electron chi connectivity index (χ0n) is 11.8. The summed E-state index contributed by atoms with van der Waals surface area (Å²) in [5, 5.41) is 36.2. The molecule has 0 aliphatic carbocycles. The average molecular weight is 325 g/mol. The van der Waals surface area contributed by atoms with Gasteiger partial charge in [-0.1, -0.05) is 5.21 Å². The number of nitrogens with zero attached hydrogens (tertiary/aromatic N) is 4. The summed E-state index contributed by atoms with van der Waals surface area (Å²) in [6, 6.07) is 0. The Kier molecular flexibility index (Phi) is 4.09. The van der Waals surface area contributed by atoms with E-state index in [0.717, 1.165) is 4.57 Å². The first-order chi connectivity index (χ1) is 11.0. The number of hydrogen-bond donors (Lipinski definition) is 4. The highest BCUT2D eigenvalue weighted by Gasteiger charge is 2.43. The first kappa shape index (κ1) is 15.6. The van der Waals surface area contributed by atoms with E-state index in [0.29, 0.717) is 0 Å². The molecule has 0 saturated carbocycles. The van der Waals surface area contributed by atoms with Crippen LogP contribution in [0.4, 0.5) is 0 Å². The van der Waals surface area contributed by atoms with Crippen molar-refractivity contribution < 1.29 is 20.1 Å². The predicted molar refractivity (Wildman–Crippen MR) is 73.5 cm³/mol. The fourth-order valence-electron chi connectivity index (χ4n) is 2.43. The molecule has 1 saturated heterocycles. The summed E-state index contributed by atoms with van der Waals surface area (Å²) < 4.78 is 7.64. The molecule has 1 aliphatic rings. The van der Waals surface area contributed by atoms with Crippen LogP contribution in [0, 0.1) is 0 Å². The Hall–Kier alpha value is -2.34. The van der Waals surface area contributed by atoms with Gasteiger partial charge in [0.15, 0.2) is 6.23 Å². The van der Waals surface area contributed by atoms with Crippen LogP contribution < -0.4 is 11.2 Å². The van der Waals surface area contributed by atoms with E-state index in [2.05, 4.69) is 15.3 Å². The molecule has 0 spiro atoms. The van der Waals surface area contributed by atoms with Gasteiger partial charge in [0.25, 0.3) is 5.56 Å². The van der Waals surface area contributed by atoms with E-state index in [1.807, 2.05) is 0 Å². The standard InChI is InChI=1S/C12H15N5O6/c18-5-7-8(19)9(20)11(23-7)17-4-6(10(21)14-12(17)22)3-16-2-1-13-15-16/h1-2,4,7-9,11,18-20H,3,5H2,(H,14,21,22)/t7-,8?,9+,11-/m1/s1. The van der Waals surface area contributed by atoms with Crippen molar-refractivity contribution in [3.05, 3.63) is 45.0 Å². The molecule has 11 heteroatoms. The van der Waals surface area contributed by atoms with Crippen molar-refractivity contribution in [3.63, 3.8) is 0 Å². The Morgan fingerprint density at radius 1 is 1.30 bits per heavy atom. The first-order valence-corrected chi connectivity index (χ1v) is 6.82. The smallest absolute Gasteiger partial charge is 0.330 e. The van der Waals surface area contributed by atoms with Gasteiger partial charge < -0.3 is 20.1 Å². The number of H-pyrrole nitrogens is 1. The van der Waals surface area contributed by atoms with Gasteiger partial charge in [-0.25, -0.2) is 9.48 Å². The van der Waals surface area contributed by atoms with E-state index in [4.69, 9.17) is 9.84 Å². The van der Waals surface area contributed by atoms with Crippen LogP contribution in [0.15, 0.2) is 28.2 Å². The number of nitrogens with one attached hydrogen (secondary N) is 1. The van der Waals surface area contributed by atoms with Crippen LogP contribution in [0.3, 0.4) is 0 Å². The van der Waals surface area contributed by atoms with E-state index in [9.17, 15) is 19.8 Å². The Labute approximate surface area is 128 Å². The molecule has 0 amide bonds. The van der Waals surface area contributed by atoms with Crippen LogP contribution in [0.1, 0.15) is 11.8 Å². The quantitative estimate of drug-likeness (QED) is 0.458. The number of ether oxygens (including phenoxy) is 1. The molecule has 4 atom stereocenters. The van der Waals surface area contributed by atoms with Crippen molar-refractivity contribution in [2.24, 2.45) is 0 Å². The molecule has 0 bridgehead atoms. The lowest BCUT2D eigenvalue weighted by atomic mass is 10.1. The van der Waals surface area contributed by atoms with Gasteiger partial charge in [-0.05, 0) is 0 Å². The molecule has 0 radical (unpaired) electrons. The maximum atomic E-state index is 12.0. The minimum absolute atomic E-state index is 0.0599. The van der Waals surface area contributed by atoms with E-state index in [-0.39, 0.29) is 12.1 Å². The van der Waals surface area contributed by atoms with Gasteiger partial charge in [0.1, 0.15) is 18.3 Å². The molecule has 1 unspecified atom stereocenters. The fraction of sp³-hybridized carbons (Fsp3) is 0.500. The minimum Gasteiger partial charge on any atom is -0.394 e. The third-order valence-corrected chi connectivity index (χ3v) is 3.64. The van der Waals surface area contributed by atoms with Gasteiger partial charge in [-0.3, -0.25) is 14.3 Å². The van der Waals surface area contributed by atoms with Gasteiger partial charge in [-0.15, -0.1) is 5.10 Å².